The summed E-state index contributed by atoms with van der Waals surface area (Å²) in [5, 5.41) is 0. The van der Waals surface area contributed by atoms with Gasteiger partial charge in [-0.1, -0.05) is 5.57 Å². The molecule has 2 N–H and O–H groups in total. The van der Waals surface area contributed by atoms with Crippen LogP contribution in [0.15, 0.2) is 30.0 Å². The number of anilines is 2. The van der Waals surface area contributed by atoms with Crippen LogP contribution in [0.25, 0.3) is 0 Å². The summed E-state index contributed by atoms with van der Waals surface area (Å²) < 4.78 is 0. The maximum atomic E-state index is 11.9. The molecule has 0 saturated carbocycles. The third kappa shape index (κ3) is 3.47. The molecule has 1 aliphatic heterocycles. The number of piperazine rings is 1. The summed E-state index contributed by atoms with van der Waals surface area (Å²) in [6, 6.07) is 3.77. The number of carbonyl (C=O) groups excluding carboxylic acids is 1. The number of nitrogens with zero attached hydrogens (tertiary/aromatic N) is 3. The van der Waals surface area contributed by atoms with Crippen LogP contribution in [0.1, 0.15) is 13.8 Å². The lowest BCUT2D eigenvalue weighted by Crippen LogP contribution is -2.48. The van der Waals surface area contributed by atoms with Gasteiger partial charge in [-0.25, -0.2) is 4.98 Å². The van der Waals surface area contributed by atoms with Crippen LogP contribution in [0.3, 0.4) is 0 Å². The number of nitrogen functional groups attached to an aromatic ring is 1. The molecule has 1 aromatic heterocycles. The molecular weight excluding hydrogens is 240 g/mol. The molecule has 1 aliphatic rings. The quantitative estimate of drug-likeness (QED) is 0.814. The number of rotatable bonds is 2. The molecule has 19 heavy (non-hydrogen) atoms. The van der Waals surface area contributed by atoms with Gasteiger partial charge in [0, 0.05) is 32.3 Å². The molecular formula is C14H20N4O. The predicted molar refractivity (Wildman–Crippen MR) is 76.9 cm³/mol. The Hall–Kier alpha value is -2.04. The van der Waals surface area contributed by atoms with Gasteiger partial charge in [-0.2, -0.15) is 0 Å². The van der Waals surface area contributed by atoms with Gasteiger partial charge in [0.1, 0.15) is 5.82 Å². The van der Waals surface area contributed by atoms with E-state index < -0.39 is 0 Å². The monoisotopic (exact) mass is 260 g/mol. The molecule has 102 valence electrons. The zero-order valence-electron chi connectivity index (χ0n) is 11.5. The van der Waals surface area contributed by atoms with Gasteiger partial charge in [0.05, 0.1) is 11.9 Å². The van der Waals surface area contributed by atoms with E-state index in [4.69, 9.17) is 5.73 Å². The molecule has 0 bridgehead atoms. The number of hydrogen-bond acceptors (Lipinski definition) is 4. The lowest BCUT2D eigenvalue weighted by atomic mass is 10.2. The SMILES string of the molecule is CC(C)=CC(=O)N1CCN(c2ccc(N)nc2)CC1. The molecule has 0 aliphatic carbocycles. The summed E-state index contributed by atoms with van der Waals surface area (Å²) in [7, 11) is 0. The highest BCUT2D eigenvalue weighted by Crippen LogP contribution is 2.16. The predicted octanol–water partition coefficient (Wildman–Crippen LogP) is 1.28. The van der Waals surface area contributed by atoms with Crippen molar-refractivity contribution in [3.05, 3.63) is 30.0 Å². The van der Waals surface area contributed by atoms with E-state index >= 15 is 0 Å². The van der Waals surface area contributed by atoms with Gasteiger partial charge in [0.25, 0.3) is 0 Å². The molecule has 0 aromatic carbocycles. The number of carbonyl (C=O) groups is 1. The van der Waals surface area contributed by atoms with Crippen molar-refractivity contribution < 1.29 is 4.79 Å². The molecule has 1 amide bonds. The second kappa shape index (κ2) is 5.73. The van der Waals surface area contributed by atoms with Crippen LogP contribution in [0.4, 0.5) is 11.5 Å². The molecule has 0 spiro atoms. The van der Waals surface area contributed by atoms with Crippen molar-refractivity contribution in [3.63, 3.8) is 0 Å². The molecule has 0 atom stereocenters. The lowest BCUT2D eigenvalue weighted by molar-refractivity contribution is -0.126. The summed E-state index contributed by atoms with van der Waals surface area (Å²) in [4.78, 5) is 20.1. The van der Waals surface area contributed by atoms with E-state index in [2.05, 4.69) is 9.88 Å². The molecule has 2 rings (SSSR count). The minimum absolute atomic E-state index is 0.107. The van der Waals surface area contributed by atoms with Crippen molar-refractivity contribution in [2.45, 2.75) is 13.8 Å². The lowest BCUT2D eigenvalue weighted by Gasteiger charge is -2.35. The zero-order chi connectivity index (χ0) is 13.8. The highest BCUT2D eigenvalue weighted by atomic mass is 16.2. The van der Waals surface area contributed by atoms with Crippen molar-refractivity contribution in [2.24, 2.45) is 0 Å². The average molecular weight is 260 g/mol. The summed E-state index contributed by atoms with van der Waals surface area (Å²) in [5.41, 5.74) is 7.67. The van der Waals surface area contributed by atoms with Crippen LogP contribution in [0, 0.1) is 0 Å². The van der Waals surface area contributed by atoms with Gasteiger partial charge in [0.2, 0.25) is 5.91 Å². The molecule has 1 aromatic rings. The van der Waals surface area contributed by atoms with Crippen molar-refractivity contribution in [3.8, 4) is 0 Å². The first-order valence-electron chi connectivity index (χ1n) is 6.46. The Balaban J connectivity index is 1.94. The first-order chi connectivity index (χ1) is 9.06. The maximum Gasteiger partial charge on any atom is 0.246 e. The van der Waals surface area contributed by atoms with Gasteiger partial charge >= 0.3 is 0 Å². The number of nitrogens with two attached hydrogens (primary N) is 1. The van der Waals surface area contributed by atoms with Crippen LogP contribution >= 0.6 is 0 Å². The standard InChI is InChI=1S/C14H20N4O/c1-11(2)9-14(19)18-7-5-17(6-8-18)12-3-4-13(15)16-10-12/h3-4,9-10H,5-8H2,1-2H3,(H2,15,16). The summed E-state index contributed by atoms with van der Waals surface area (Å²) >= 11 is 0. The van der Waals surface area contributed by atoms with Crippen LogP contribution in [-0.4, -0.2) is 42.0 Å². The highest BCUT2D eigenvalue weighted by Gasteiger charge is 2.19. The van der Waals surface area contributed by atoms with E-state index in [1.165, 1.54) is 0 Å². The first-order valence-corrected chi connectivity index (χ1v) is 6.46. The summed E-state index contributed by atoms with van der Waals surface area (Å²) in [5.74, 6) is 0.635. The fraction of sp³-hybridized carbons (Fsp3) is 0.429. The minimum Gasteiger partial charge on any atom is -0.384 e. The van der Waals surface area contributed by atoms with Crippen molar-refractivity contribution >= 4 is 17.4 Å². The van der Waals surface area contributed by atoms with Gasteiger partial charge < -0.3 is 15.5 Å². The third-order valence-corrected chi connectivity index (χ3v) is 3.14. The Morgan fingerprint density at radius 2 is 1.95 bits per heavy atom. The van der Waals surface area contributed by atoms with E-state index in [-0.39, 0.29) is 5.91 Å². The van der Waals surface area contributed by atoms with Crippen LogP contribution in [0.5, 0.6) is 0 Å². The van der Waals surface area contributed by atoms with Gasteiger partial charge in [-0.3, -0.25) is 4.79 Å². The number of pyridine rings is 1. The van der Waals surface area contributed by atoms with Crippen molar-refractivity contribution in [1.29, 1.82) is 0 Å². The Labute approximate surface area is 113 Å². The zero-order valence-corrected chi connectivity index (χ0v) is 11.5. The largest absolute Gasteiger partial charge is 0.384 e. The van der Waals surface area contributed by atoms with E-state index in [1.807, 2.05) is 24.8 Å². The Kier molecular flexibility index (Phi) is 4.04. The Morgan fingerprint density at radius 1 is 1.26 bits per heavy atom. The summed E-state index contributed by atoms with van der Waals surface area (Å²) in [6.07, 6.45) is 3.48. The van der Waals surface area contributed by atoms with Crippen LogP contribution < -0.4 is 10.6 Å². The molecule has 0 radical (unpaired) electrons. The molecule has 1 saturated heterocycles. The third-order valence-electron chi connectivity index (χ3n) is 3.14. The number of hydrogen-bond donors (Lipinski definition) is 1. The highest BCUT2D eigenvalue weighted by molar-refractivity contribution is 5.88. The topological polar surface area (TPSA) is 62.5 Å². The minimum atomic E-state index is 0.107. The smallest absolute Gasteiger partial charge is 0.246 e. The van der Waals surface area contributed by atoms with Gasteiger partial charge in [-0.05, 0) is 26.0 Å². The number of aromatic nitrogens is 1. The second-order valence-electron chi connectivity index (χ2n) is 4.98. The van der Waals surface area contributed by atoms with Gasteiger partial charge in [-0.15, -0.1) is 0 Å². The maximum absolute atomic E-state index is 11.9. The molecule has 0 unspecified atom stereocenters. The second-order valence-corrected chi connectivity index (χ2v) is 4.98. The van der Waals surface area contributed by atoms with Gasteiger partial charge in [0.15, 0.2) is 0 Å². The van der Waals surface area contributed by atoms with Crippen molar-refractivity contribution in [2.75, 3.05) is 36.8 Å². The van der Waals surface area contributed by atoms with E-state index in [0.29, 0.717) is 5.82 Å². The van der Waals surface area contributed by atoms with E-state index in [0.717, 1.165) is 37.4 Å². The molecule has 1 fully saturated rings. The fourth-order valence-electron chi connectivity index (χ4n) is 2.11. The Bertz CT molecular complexity index is 469. The van der Waals surface area contributed by atoms with E-state index in [9.17, 15) is 4.79 Å². The normalized spacial score (nSPS) is 15.3. The fourth-order valence-corrected chi connectivity index (χ4v) is 2.11. The van der Waals surface area contributed by atoms with Crippen LogP contribution in [0.2, 0.25) is 0 Å². The Morgan fingerprint density at radius 3 is 2.47 bits per heavy atom. The molecule has 2 heterocycles. The van der Waals surface area contributed by atoms with Crippen molar-refractivity contribution in [1.82, 2.24) is 9.88 Å². The van der Waals surface area contributed by atoms with Crippen LogP contribution in [-0.2, 0) is 4.79 Å². The molecule has 5 heteroatoms. The average Bonchev–Trinajstić information content (AvgIpc) is 2.39. The molecule has 5 nitrogen and oxygen atoms in total. The van der Waals surface area contributed by atoms with E-state index in [1.54, 1.807) is 18.3 Å². The number of allylic oxidation sites excluding steroid dienone is 1. The summed E-state index contributed by atoms with van der Waals surface area (Å²) in [6.45, 7) is 7.02. The number of amides is 1. The first kappa shape index (κ1) is 13.4.